The molecule has 1 N–H and O–H groups in total. The van der Waals surface area contributed by atoms with Gasteiger partial charge in [0.1, 0.15) is 24.4 Å². The van der Waals surface area contributed by atoms with Crippen LogP contribution in [0.4, 0.5) is 14.6 Å². The number of hydrogen-bond donors (Lipinski definition) is 1. The fourth-order valence-corrected chi connectivity index (χ4v) is 1.77. The summed E-state index contributed by atoms with van der Waals surface area (Å²) < 4.78 is 41.3. The van der Waals surface area contributed by atoms with E-state index in [-0.39, 0.29) is 23.9 Å². The minimum Gasteiger partial charge on any atom is -0.483 e. The fourth-order valence-electron chi connectivity index (χ4n) is 1.77. The maximum Gasteiger partial charge on any atom is 0.292 e. The van der Waals surface area contributed by atoms with Gasteiger partial charge in [0.15, 0.2) is 23.1 Å². The minimum atomic E-state index is -0.819. The van der Waals surface area contributed by atoms with Crippen molar-refractivity contribution in [3.63, 3.8) is 0 Å². The highest BCUT2D eigenvalue weighted by Gasteiger charge is 2.13. The Bertz CT molecular complexity index is 815. The molecule has 2 heterocycles. The standard InChI is InChI=1S/C15H10F2N2O4/c16-9-1-3-12(11(17)7-9)21-8-10-2-4-13(23-10)15(20)18-14-5-6-22-19-14/h1-7H,8H2,(H,18,19,20). The largest absolute Gasteiger partial charge is 0.483 e. The molecule has 1 amide bonds. The molecule has 2 aromatic heterocycles. The summed E-state index contributed by atoms with van der Waals surface area (Å²) in [6.45, 7) is -0.111. The van der Waals surface area contributed by atoms with Crippen LogP contribution in [0.1, 0.15) is 16.3 Å². The van der Waals surface area contributed by atoms with Crippen molar-refractivity contribution in [3.8, 4) is 5.75 Å². The number of benzene rings is 1. The van der Waals surface area contributed by atoms with Crippen LogP contribution in [-0.2, 0) is 6.61 Å². The molecule has 0 unspecified atom stereocenters. The maximum absolute atomic E-state index is 13.4. The molecule has 118 valence electrons. The Kier molecular flexibility index (Phi) is 4.05. The van der Waals surface area contributed by atoms with Gasteiger partial charge >= 0.3 is 0 Å². The van der Waals surface area contributed by atoms with E-state index in [2.05, 4.69) is 15.0 Å². The lowest BCUT2D eigenvalue weighted by molar-refractivity contribution is 0.0991. The van der Waals surface area contributed by atoms with Gasteiger partial charge in [-0.15, -0.1) is 0 Å². The lowest BCUT2D eigenvalue weighted by Gasteiger charge is -2.05. The molecular weight excluding hydrogens is 310 g/mol. The van der Waals surface area contributed by atoms with Gasteiger partial charge in [-0.25, -0.2) is 8.78 Å². The number of carbonyl (C=O) groups is 1. The number of carbonyl (C=O) groups excluding carboxylic acids is 1. The lowest BCUT2D eigenvalue weighted by atomic mass is 10.3. The van der Waals surface area contributed by atoms with Gasteiger partial charge in [0.05, 0.1) is 0 Å². The zero-order valence-corrected chi connectivity index (χ0v) is 11.6. The van der Waals surface area contributed by atoms with Crippen molar-refractivity contribution in [1.82, 2.24) is 5.16 Å². The normalized spacial score (nSPS) is 10.5. The number of amides is 1. The molecule has 6 nitrogen and oxygen atoms in total. The highest BCUT2D eigenvalue weighted by molar-refractivity contribution is 6.01. The topological polar surface area (TPSA) is 77.5 Å². The average Bonchev–Trinajstić information content (AvgIpc) is 3.17. The number of halogens is 2. The van der Waals surface area contributed by atoms with E-state index < -0.39 is 17.5 Å². The molecule has 0 radical (unpaired) electrons. The lowest BCUT2D eigenvalue weighted by Crippen LogP contribution is -2.11. The van der Waals surface area contributed by atoms with Crippen molar-refractivity contribution < 1.29 is 27.3 Å². The highest BCUT2D eigenvalue weighted by Crippen LogP contribution is 2.20. The SMILES string of the molecule is O=C(Nc1ccon1)c1ccc(COc2ccc(F)cc2F)o1. The molecule has 0 aliphatic rings. The van der Waals surface area contributed by atoms with Crippen LogP contribution in [0.3, 0.4) is 0 Å². The summed E-state index contributed by atoms with van der Waals surface area (Å²) in [4.78, 5) is 11.9. The van der Waals surface area contributed by atoms with Gasteiger partial charge in [-0.2, -0.15) is 0 Å². The summed E-state index contributed by atoms with van der Waals surface area (Å²) in [5.74, 6) is -1.56. The summed E-state index contributed by atoms with van der Waals surface area (Å²) in [6, 6.07) is 7.40. The summed E-state index contributed by atoms with van der Waals surface area (Å²) in [6.07, 6.45) is 1.31. The average molecular weight is 320 g/mol. The Balaban J connectivity index is 1.62. The number of ether oxygens (including phenoxy) is 1. The molecule has 0 saturated carbocycles. The maximum atomic E-state index is 13.4. The van der Waals surface area contributed by atoms with Gasteiger partial charge in [0, 0.05) is 12.1 Å². The Morgan fingerprint density at radius 3 is 2.83 bits per heavy atom. The molecule has 1 aromatic carbocycles. The summed E-state index contributed by atoms with van der Waals surface area (Å²) in [5.41, 5.74) is 0. The second-order valence-corrected chi connectivity index (χ2v) is 4.47. The molecule has 0 saturated heterocycles. The third kappa shape index (κ3) is 3.54. The van der Waals surface area contributed by atoms with Crippen LogP contribution in [0.25, 0.3) is 0 Å². The Labute approximate surface area is 128 Å². The third-order valence-electron chi connectivity index (χ3n) is 2.83. The van der Waals surface area contributed by atoms with Crippen molar-refractivity contribution in [2.45, 2.75) is 6.61 Å². The first-order chi connectivity index (χ1) is 11.1. The first-order valence-corrected chi connectivity index (χ1v) is 6.50. The van der Waals surface area contributed by atoms with E-state index in [1.165, 1.54) is 30.5 Å². The zero-order chi connectivity index (χ0) is 16.2. The smallest absolute Gasteiger partial charge is 0.292 e. The van der Waals surface area contributed by atoms with E-state index in [1.807, 2.05) is 0 Å². The Morgan fingerprint density at radius 1 is 1.22 bits per heavy atom. The number of hydrogen-bond acceptors (Lipinski definition) is 5. The number of furan rings is 1. The van der Waals surface area contributed by atoms with Crippen molar-refractivity contribution >= 4 is 11.7 Å². The van der Waals surface area contributed by atoms with Gasteiger partial charge in [-0.1, -0.05) is 5.16 Å². The van der Waals surface area contributed by atoms with Crippen LogP contribution in [0.5, 0.6) is 5.75 Å². The highest BCUT2D eigenvalue weighted by atomic mass is 19.1. The summed E-state index contributed by atoms with van der Waals surface area (Å²) >= 11 is 0. The van der Waals surface area contributed by atoms with E-state index in [1.54, 1.807) is 0 Å². The molecule has 23 heavy (non-hydrogen) atoms. The zero-order valence-electron chi connectivity index (χ0n) is 11.6. The molecule has 0 bridgehead atoms. The molecule has 3 aromatic rings. The molecule has 0 atom stereocenters. The summed E-state index contributed by atoms with van der Waals surface area (Å²) in [7, 11) is 0. The van der Waals surface area contributed by atoms with Crippen LogP contribution in [0.2, 0.25) is 0 Å². The van der Waals surface area contributed by atoms with Crippen LogP contribution in [0.15, 0.2) is 51.6 Å². The van der Waals surface area contributed by atoms with Crippen LogP contribution in [-0.4, -0.2) is 11.1 Å². The van der Waals surface area contributed by atoms with E-state index in [4.69, 9.17) is 9.15 Å². The number of rotatable bonds is 5. The van der Waals surface area contributed by atoms with Gasteiger partial charge in [0.25, 0.3) is 5.91 Å². The Hall–Kier alpha value is -3.16. The molecule has 0 fully saturated rings. The van der Waals surface area contributed by atoms with Gasteiger partial charge < -0.3 is 19.0 Å². The molecule has 0 aliphatic carbocycles. The first kappa shape index (κ1) is 14.8. The van der Waals surface area contributed by atoms with E-state index in [0.29, 0.717) is 11.8 Å². The molecule has 3 rings (SSSR count). The van der Waals surface area contributed by atoms with Gasteiger partial charge in [-0.3, -0.25) is 4.79 Å². The second-order valence-electron chi connectivity index (χ2n) is 4.47. The molecule has 8 heteroatoms. The predicted octanol–water partition coefficient (Wildman–Crippen LogP) is 3.38. The van der Waals surface area contributed by atoms with E-state index in [0.717, 1.165) is 6.07 Å². The quantitative estimate of drug-likeness (QED) is 0.780. The number of anilines is 1. The second kappa shape index (κ2) is 6.30. The van der Waals surface area contributed by atoms with Gasteiger partial charge in [0.2, 0.25) is 0 Å². The number of aromatic nitrogens is 1. The van der Waals surface area contributed by atoms with Crippen LogP contribution in [0, 0.1) is 11.6 Å². The predicted molar refractivity (Wildman–Crippen MR) is 73.9 cm³/mol. The summed E-state index contributed by atoms with van der Waals surface area (Å²) in [5, 5.41) is 6.00. The molecule has 0 spiro atoms. The third-order valence-corrected chi connectivity index (χ3v) is 2.83. The number of nitrogens with zero attached hydrogens (tertiary/aromatic N) is 1. The van der Waals surface area contributed by atoms with E-state index >= 15 is 0 Å². The fraction of sp³-hybridized carbons (Fsp3) is 0.0667. The van der Waals surface area contributed by atoms with Crippen LogP contribution >= 0.6 is 0 Å². The van der Waals surface area contributed by atoms with Crippen LogP contribution < -0.4 is 10.1 Å². The molecule has 0 aliphatic heterocycles. The van der Waals surface area contributed by atoms with Crippen molar-refractivity contribution in [2.75, 3.05) is 5.32 Å². The van der Waals surface area contributed by atoms with Crippen molar-refractivity contribution in [1.29, 1.82) is 0 Å². The molecular formula is C15H10F2N2O4. The monoisotopic (exact) mass is 320 g/mol. The van der Waals surface area contributed by atoms with Crippen molar-refractivity contribution in [2.24, 2.45) is 0 Å². The first-order valence-electron chi connectivity index (χ1n) is 6.50. The minimum absolute atomic E-state index is 0.0335. The number of nitrogens with one attached hydrogen (secondary N) is 1. The van der Waals surface area contributed by atoms with E-state index in [9.17, 15) is 13.6 Å². The van der Waals surface area contributed by atoms with Gasteiger partial charge in [-0.05, 0) is 24.3 Å². The van der Waals surface area contributed by atoms with Crippen molar-refractivity contribution in [3.05, 3.63) is 65.8 Å². The Morgan fingerprint density at radius 2 is 2.09 bits per heavy atom.